The molecule has 0 amide bonds. The Bertz CT molecular complexity index is 331. The fourth-order valence-electron chi connectivity index (χ4n) is 1.48. The molecule has 1 rings (SSSR count). The van der Waals surface area contributed by atoms with Crippen LogP contribution in [-0.2, 0) is 0 Å². The van der Waals surface area contributed by atoms with E-state index in [4.69, 9.17) is 16.6 Å². The van der Waals surface area contributed by atoms with Crippen molar-refractivity contribution in [1.29, 1.82) is 0 Å². The van der Waals surface area contributed by atoms with Crippen molar-refractivity contribution in [2.75, 3.05) is 12.3 Å². The Balaban J connectivity index is 0.00000196. The number of hydrogen-bond acceptors (Lipinski definition) is 4. The van der Waals surface area contributed by atoms with Crippen molar-refractivity contribution < 1.29 is 10.2 Å². The van der Waals surface area contributed by atoms with Crippen molar-refractivity contribution in [3.05, 3.63) is 23.3 Å². The van der Waals surface area contributed by atoms with E-state index in [2.05, 4.69) is 0 Å². The Morgan fingerprint density at radius 3 is 2.53 bits per heavy atom. The predicted molar refractivity (Wildman–Crippen MR) is 63.1 cm³/mol. The molecule has 0 spiro atoms. The summed E-state index contributed by atoms with van der Waals surface area (Å²) < 4.78 is 0. The lowest BCUT2D eigenvalue weighted by molar-refractivity contribution is 0.275. The van der Waals surface area contributed by atoms with Crippen molar-refractivity contribution in [1.82, 2.24) is 0 Å². The number of anilines is 1. The molecule has 0 heterocycles. The van der Waals surface area contributed by atoms with Gasteiger partial charge in [0.05, 0.1) is 5.69 Å². The van der Waals surface area contributed by atoms with E-state index in [0.717, 1.165) is 5.56 Å². The molecule has 6 N–H and O–H groups in total. The molecule has 1 aromatic rings. The first-order valence-electron chi connectivity index (χ1n) is 4.52. The minimum absolute atomic E-state index is 0. The van der Waals surface area contributed by atoms with Gasteiger partial charge in [-0.15, -0.1) is 12.4 Å². The summed E-state index contributed by atoms with van der Waals surface area (Å²) in [6, 6.07) is 3.07. The lowest BCUT2D eigenvalue weighted by Gasteiger charge is -2.16. The molecule has 0 aliphatic heterocycles. The monoisotopic (exact) mass is 232 g/mol. The van der Waals surface area contributed by atoms with Gasteiger partial charge in [-0.25, -0.2) is 0 Å². The summed E-state index contributed by atoms with van der Waals surface area (Å²) in [5, 5.41) is 18.4. The molecule has 1 atom stereocenters. The van der Waals surface area contributed by atoms with Gasteiger partial charge in [0.1, 0.15) is 5.75 Å². The van der Waals surface area contributed by atoms with Crippen LogP contribution in [0.15, 0.2) is 12.1 Å². The van der Waals surface area contributed by atoms with Crippen LogP contribution in [0.4, 0.5) is 5.69 Å². The van der Waals surface area contributed by atoms with Crippen LogP contribution in [0.2, 0.25) is 0 Å². The highest BCUT2D eigenvalue weighted by Gasteiger charge is 2.15. The smallest absolute Gasteiger partial charge is 0.143 e. The summed E-state index contributed by atoms with van der Waals surface area (Å²) in [5.74, 6) is 0.0333. The van der Waals surface area contributed by atoms with Crippen LogP contribution in [0, 0.1) is 6.92 Å². The molecule has 4 nitrogen and oxygen atoms in total. The van der Waals surface area contributed by atoms with Crippen molar-refractivity contribution in [2.45, 2.75) is 19.4 Å². The lowest BCUT2D eigenvalue weighted by Crippen LogP contribution is -2.14. The summed E-state index contributed by atoms with van der Waals surface area (Å²) in [4.78, 5) is 0. The zero-order chi connectivity index (χ0) is 10.7. The Kier molecular flexibility index (Phi) is 5.43. The number of nitrogen functional groups attached to an aromatic ring is 1. The van der Waals surface area contributed by atoms with E-state index in [9.17, 15) is 5.11 Å². The third-order valence-corrected chi connectivity index (χ3v) is 2.28. The van der Waals surface area contributed by atoms with Gasteiger partial charge in [-0.2, -0.15) is 0 Å². The Hall–Kier alpha value is -0.970. The molecule has 0 saturated carbocycles. The number of benzene rings is 1. The predicted octanol–water partition coefficient (Wildman–Crippen LogP) is 1.09. The Morgan fingerprint density at radius 1 is 1.40 bits per heavy atom. The maximum Gasteiger partial charge on any atom is 0.143 e. The highest BCUT2D eigenvalue weighted by Crippen LogP contribution is 2.32. The number of aliphatic hydroxyl groups is 1. The molecule has 0 bridgehead atoms. The van der Waals surface area contributed by atoms with E-state index in [0.29, 0.717) is 17.7 Å². The molecule has 0 unspecified atom stereocenters. The quantitative estimate of drug-likeness (QED) is 0.464. The third-order valence-electron chi connectivity index (χ3n) is 2.28. The molecule has 1 aromatic carbocycles. The fourth-order valence-corrected chi connectivity index (χ4v) is 1.48. The van der Waals surface area contributed by atoms with Crippen LogP contribution in [0.3, 0.4) is 0 Å². The normalized spacial score (nSPS) is 11.9. The zero-order valence-electron chi connectivity index (χ0n) is 8.60. The highest BCUT2D eigenvalue weighted by molar-refractivity contribution is 5.85. The zero-order valence-corrected chi connectivity index (χ0v) is 9.42. The molecule has 5 heteroatoms. The molecular formula is C10H17ClN2O2. The van der Waals surface area contributed by atoms with Gasteiger partial charge >= 0.3 is 0 Å². The summed E-state index contributed by atoms with van der Waals surface area (Å²) in [6.45, 7) is 1.85. The van der Waals surface area contributed by atoms with Crippen LogP contribution >= 0.6 is 12.4 Å². The molecule has 86 valence electrons. The standard InChI is InChI=1S/C10H16N2O2.ClH/c1-6-2-3-8(12)10(14)9(6)7(11)4-5-13;/h2-3,7,13-14H,4-5,11-12H2,1H3;1H/t7-;/m0./s1. The summed E-state index contributed by atoms with van der Waals surface area (Å²) in [7, 11) is 0. The van der Waals surface area contributed by atoms with Gasteiger partial charge < -0.3 is 21.7 Å². The van der Waals surface area contributed by atoms with Gasteiger partial charge in [0.15, 0.2) is 0 Å². The maximum atomic E-state index is 9.69. The topological polar surface area (TPSA) is 92.5 Å². The molecule has 0 fully saturated rings. The van der Waals surface area contributed by atoms with Gasteiger partial charge in [0.25, 0.3) is 0 Å². The number of phenols is 1. The van der Waals surface area contributed by atoms with Crippen LogP contribution in [0.25, 0.3) is 0 Å². The van der Waals surface area contributed by atoms with Gasteiger partial charge in [-0.05, 0) is 25.0 Å². The minimum Gasteiger partial charge on any atom is -0.505 e. The minimum atomic E-state index is -0.372. The van der Waals surface area contributed by atoms with Crippen molar-refractivity contribution in [2.24, 2.45) is 5.73 Å². The van der Waals surface area contributed by atoms with Crippen LogP contribution < -0.4 is 11.5 Å². The van der Waals surface area contributed by atoms with Gasteiger partial charge in [0.2, 0.25) is 0 Å². The lowest BCUT2D eigenvalue weighted by atomic mass is 9.98. The first-order chi connectivity index (χ1) is 6.57. The SMILES string of the molecule is Cc1ccc(N)c(O)c1[C@@H](N)CCO.Cl. The second-order valence-corrected chi connectivity index (χ2v) is 3.35. The molecule has 0 saturated heterocycles. The number of hydrogen-bond donors (Lipinski definition) is 4. The largest absolute Gasteiger partial charge is 0.505 e. The second kappa shape index (κ2) is 5.80. The van der Waals surface area contributed by atoms with E-state index in [1.54, 1.807) is 6.07 Å². The number of rotatable bonds is 3. The van der Waals surface area contributed by atoms with Crippen LogP contribution in [0.1, 0.15) is 23.6 Å². The van der Waals surface area contributed by atoms with Gasteiger partial charge in [-0.1, -0.05) is 6.07 Å². The average molecular weight is 233 g/mol. The van der Waals surface area contributed by atoms with Crippen molar-refractivity contribution in [3.8, 4) is 5.75 Å². The molecule has 15 heavy (non-hydrogen) atoms. The van der Waals surface area contributed by atoms with Gasteiger partial charge in [0, 0.05) is 18.2 Å². The van der Waals surface area contributed by atoms with E-state index in [1.165, 1.54) is 0 Å². The number of halogens is 1. The number of aryl methyl sites for hydroxylation is 1. The van der Waals surface area contributed by atoms with E-state index in [1.807, 2.05) is 13.0 Å². The van der Waals surface area contributed by atoms with Gasteiger partial charge in [-0.3, -0.25) is 0 Å². The summed E-state index contributed by atoms with van der Waals surface area (Å²) in [6.07, 6.45) is 0.415. The number of aromatic hydroxyl groups is 1. The van der Waals surface area contributed by atoms with Crippen LogP contribution in [-0.4, -0.2) is 16.8 Å². The fraction of sp³-hybridized carbons (Fsp3) is 0.400. The summed E-state index contributed by atoms with van der Waals surface area (Å²) in [5.41, 5.74) is 13.2. The first kappa shape index (κ1) is 14.0. The van der Waals surface area contributed by atoms with E-state index < -0.39 is 0 Å². The molecule has 0 aliphatic rings. The maximum absolute atomic E-state index is 9.69. The number of phenolic OH excluding ortho intramolecular Hbond substituents is 1. The number of nitrogens with two attached hydrogens (primary N) is 2. The summed E-state index contributed by atoms with van der Waals surface area (Å²) >= 11 is 0. The molecular weight excluding hydrogens is 216 g/mol. The van der Waals surface area contributed by atoms with E-state index in [-0.39, 0.29) is 30.8 Å². The van der Waals surface area contributed by atoms with E-state index >= 15 is 0 Å². The molecule has 0 aromatic heterocycles. The highest BCUT2D eigenvalue weighted by atomic mass is 35.5. The number of aliphatic hydroxyl groups excluding tert-OH is 1. The van der Waals surface area contributed by atoms with Crippen molar-refractivity contribution >= 4 is 18.1 Å². The second-order valence-electron chi connectivity index (χ2n) is 3.35. The molecule has 0 aliphatic carbocycles. The molecule has 0 radical (unpaired) electrons. The van der Waals surface area contributed by atoms with Crippen LogP contribution in [0.5, 0.6) is 5.75 Å². The van der Waals surface area contributed by atoms with Crippen molar-refractivity contribution in [3.63, 3.8) is 0 Å². The Morgan fingerprint density at radius 2 is 2.00 bits per heavy atom. The Labute approximate surface area is 95.3 Å². The third kappa shape index (κ3) is 2.99. The average Bonchev–Trinajstić information content (AvgIpc) is 2.13. The first-order valence-corrected chi connectivity index (χ1v) is 4.52.